The average Bonchev–Trinajstić information content (AvgIpc) is 2.79. The van der Waals surface area contributed by atoms with Crippen LogP contribution in [0, 0.1) is 6.92 Å². The molecular formula is C10H17N3O10P2. The number of aryl methyl sites for hydroxylation is 1. The van der Waals surface area contributed by atoms with Crippen molar-refractivity contribution < 1.29 is 38.2 Å². The minimum Gasteiger partial charge on any atom is -0.390 e. The zero-order valence-electron chi connectivity index (χ0n) is 12.8. The number of hydrogen-bond donors (Lipinski definition) is 6. The first-order valence-electron chi connectivity index (χ1n) is 6.86. The van der Waals surface area contributed by atoms with Crippen LogP contribution in [0.3, 0.4) is 0 Å². The van der Waals surface area contributed by atoms with Crippen LogP contribution in [0.2, 0.25) is 0 Å². The van der Waals surface area contributed by atoms with Gasteiger partial charge in [0.05, 0.1) is 12.7 Å². The molecule has 0 spiro atoms. The van der Waals surface area contributed by atoms with Gasteiger partial charge in [-0.15, -0.1) is 4.86 Å². The second-order valence-corrected chi connectivity index (χ2v) is 8.56. The molecule has 1 aliphatic rings. The molecule has 1 unspecified atom stereocenters. The van der Waals surface area contributed by atoms with Gasteiger partial charge in [-0.05, 0) is 6.92 Å². The molecule has 1 aromatic rings. The molecule has 1 aromatic heterocycles. The van der Waals surface area contributed by atoms with Crippen molar-refractivity contribution in [3.63, 3.8) is 0 Å². The highest BCUT2D eigenvalue weighted by Gasteiger charge is 2.38. The number of aliphatic hydroxyl groups is 1. The molecule has 2 heterocycles. The van der Waals surface area contributed by atoms with E-state index in [-0.39, 0.29) is 12.0 Å². The zero-order chi connectivity index (χ0) is 19.0. The van der Waals surface area contributed by atoms with Gasteiger partial charge in [0.1, 0.15) is 12.3 Å². The Labute approximate surface area is 140 Å². The van der Waals surface area contributed by atoms with E-state index in [1.54, 1.807) is 0 Å². The highest BCUT2D eigenvalue weighted by molar-refractivity contribution is 7.66. The van der Waals surface area contributed by atoms with E-state index in [9.17, 15) is 28.7 Å². The van der Waals surface area contributed by atoms with Crippen LogP contribution in [0.1, 0.15) is 18.2 Å². The molecule has 0 saturated carbocycles. The summed E-state index contributed by atoms with van der Waals surface area (Å²) in [6.45, 7) is 0.798. The van der Waals surface area contributed by atoms with E-state index in [0.717, 1.165) is 9.42 Å². The summed E-state index contributed by atoms with van der Waals surface area (Å²) in [4.78, 5) is 52.9. The lowest BCUT2D eigenvalue weighted by molar-refractivity contribution is -0.0427. The minimum atomic E-state index is -5.01. The molecule has 2 rings (SSSR count). The van der Waals surface area contributed by atoms with E-state index in [1.165, 1.54) is 13.1 Å². The maximum atomic E-state index is 11.8. The van der Waals surface area contributed by atoms with Gasteiger partial charge in [-0.25, -0.2) is 13.9 Å². The molecule has 0 amide bonds. The van der Waals surface area contributed by atoms with Crippen molar-refractivity contribution in [3.8, 4) is 0 Å². The molecule has 0 aliphatic carbocycles. The van der Waals surface area contributed by atoms with E-state index in [2.05, 4.69) is 9.51 Å². The maximum Gasteiger partial charge on any atom is 0.412 e. The topological polar surface area (TPSA) is 200 Å². The molecule has 13 nitrogen and oxygen atoms in total. The van der Waals surface area contributed by atoms with Gasteiger partial charge >= 0.3 is 21.2 Å². The number of nitrogens with one attached hydrogen (secondary N) is 2. The molecule has 0 aromatic carbocycles. The Morgan fingerprint density at radius 1 is 1.40 bits per heavy atom. The number of aromatic nitrogens is 2. The molecule has 25 heavy (non-hydrogen) atoms. The van der Waals surface area contributed by atoms with E-state index in [4.69, 9.17) is 14.5 Å². The van der Waals surface area contributed by atoms with Crippen molar-refractivity contribution in [3.05, 3.63) is 32.6 Å². The number of nitrogens with zero attached hydrogens (tertiary/aromatic N) is 1. The highest BCUT2D eigenvalue weighted by Crippen LogP contribution is 2.48. The molecule has 6 N–H and O–H groups in total. The van der Waals surface area contributed by atoms with Gasteiger partial charge in [-0.3, -0.25) is 18.9 Å². The summed E-state index contributed by atoms with van der Waals surface area (Å²) in [5.41, 5.74) is -1.09. The third-order valence-electron chi connectivity index (χ3n) is 3.33. The normalized spacial score (nSPS) is 26.5. The highest BCUT2D eigenvalue weighted by atomic mass is 31.3. The van der Waals surface area contributed by atoms with Crippen LogP contribution in [-0.4, -0.2) is 48.2 Å². The molecule has 15 heteroatoms. The standard InChI is InChI=1S/C10H17N3O10P2/c1-5-3-13(10(16)11-9(5)15)8-2-6(14)7(23-8)4-22-25(20,21)12-24(17,18)19/h3,6-8,14H,2,4H2,1H3,(H,11,15,16)(H4,12,17,18,19,20,21)/t6-,7+,8+/m0/s1. The number of H-pyrrole nitrogens is 1. The smallest absolute Gasteiger partial charge is 0.390 e. The lowest BCUT2D eigenvalue weighted by Gasteiger charge is -2.19. The first-order valence-corrected chi connectivity index (χ1v) is 10.0. The summed E-state index contributed by atoms with van der Waals surface area (Å²) in [6, 6.07) is 0. The fourth-order valence-electron chi connectivity index (χ4n) is 2.20. The van der Waals surface area contributed by atoms with Gasteiger partial charge in [0.2, 0.25) is 0 Å². The van der Waals surface area contributed by atoms with Crippen molar-refractivity contribution in [1.82, 2.24) is 14.4 Å². The summed E-state index contributed by atoms with van der Waals surface area (Å²) in [5.74, 6) is 0. The molecule has 142 valence electrons. The predicted octanol–water partition coefficient (Wildman–Crippen LogP) is -1.71. The van der Waals surface area contributed by atoms with Crippen LogP contribution < -0.4 is 16.1 Å². The quantitative estimate of drug-likeness (QED) is 0.297. The molecular weight excluding hydrogens is 384 g/mol. The Hall–Kier alpha value is -1.14. The van der Waals surface area contributed by atoms with Crippen molar-refractivity contribution in [1.29, 1.82) is 0 Å². The number of rotatable bonds is 6. The van der Waals surface area contributed by atoms with E-state index in [1.807, 2.05) is 0 Å². The van der Waals surface area contributed by atoms with Crippen LogP contribution in [0.4, 0.5) is 0 Å². The second kappa shape index (κ2) is 7.23. The SMILES string of the molecule is Cc1cn([C@H]2C[C@H](O)[C@@H](COP(=O)(O)NP(=O)(O)O)O2)c(=O)[nH]c1=O. The molecule has 1 fully saturated rings. The van der Waals surface area contributed by atoms with Gasteiger partial charge in [0.15, 0.2) is 0 Å². The third kappa shape index (κ3) is 5.42. The van der Waals surface area contributed by atoms with E-state index < -0.39 is 51.8 Å². The van der Waals surface area contributed by atoms with Crippen molar-refractivity contribution in [2.24, 2.45) is 0 Å². The Bertz CT molecular complexity index is 844. The predicted molar refractivity (Wildman–Crippen MR) is 81.6 cm³/mol. The Morgan fingerprint density at radius 2 is 2.04 bits per heavy atom. The number of aliphatic hydroxyl groups excluding tert-OH is 1. The van der Waals surface area contributed by atoms with Crippen LogP contribution in [0.25, 0.3) is 0 Å². The monoisotopic (exact) mass is 401 g/mol. The van der Waals surface area contributed by atoms with Crippen LogP contribution >= 0.6 is 15.5 Å². The summed E-state index contributed by atoms with van der Waals surface area (Å²) in [6.07, 6.45) is -2.10. The minimum absolute atomic E-state index is 0.0684. The fourth-order valence-corrected chi connectivity index (χ4v) is 4.10. The molecule has 1 saturated heterocycles. The molecule has 0 radical (unpaired) electrons. The van der Waals surface area contributed by atoms with Gasteiger partial charge in [-0.2, -0.15) is 0 Å². The zero-order valence-corrected chi connectivity index (χ0v) is 14.6. The Balaban J connectivity index is 2.06. The molecule has 0 bridgehead atoms. The Kier molecular flexibility index (Phi) is 5.84. The van der Waals surface area contributed by atoms with Gasteiger partial charge < -0.3 is 24.5 Å². The van der Waals surface area contributed by atoms with Crippen LogP contribution in [-0.2, 0) is 18.4 Å². The number of ether oxygens (including phenoxy) is 1. The summed E-state index contributed by atoms with van der Waals surface area (Å²) in [7, 11) is -9.84. The maximum absolute atomic E-state index is 11.8. The van der Waals surface area contributed by atoms with Crippen LogP contribution in [0.5, 0.6) is 0 Å². The van der Waals surface area contributed by atoms with Gasteiger partial charge in [0, 0.05) is 18.2 Å². The summed E-state index contributed by atoms with van der Waals surface area (Å²) < 4.78 is 33.1. The van der Waals surface area contributed by atoms with Crippen molar-refractivity contribution in [2.75, 3.05) is 6.61 Å². The van der Waals surface area contributed by atoms with Gasteiger partial charge in [0.25, 0.3) is 5.56 Å². The van der Waals surface area contributed by atoms with E-state index >= 15 is 0 Å². The first kappa shape index (κ1) is 20.2. The molecule has 4 atom stereocenters. The largest absolute Gasteiger partial charge is 0.412 e. The van der Waals surface area contributed by atoms with E-state index in [0.29, 0.717) is 0 Å². The third-order valence-corrected chi connectivity index (χ3v) is 5.88. The van der Waals surface area contributed by atoms with Crippen molar-refractivity contribution in [2.45, 2.75) is 31.8 Å². The molecule has 1 aliphatic heterocycles. The summed E-state index contributed by atoms with van der Waals surface area (Å²) >= 11 is 0. The fraction of sp³-hybridized carbons (Fsp3) is 0.600. The first-order chi connectivity index (χ1) is 11.4. The average molecular weight is 401 g/mol. The second-order valence-electron chi connectivity index (χ2n) is 5.37. The summed E-state index contributed by atoms with van der Waals surface area (Å²) in [5, 5.41) is 9.93. The van der Waals surface area contributed by atoms with Crippen molar-refractivity contribution >= 4 is 15.5 Å². The number of aromatic amines is 1. The Morgan fingerprint density at radius 3 is 2.64 bits per heavy atom. The lowest BCUT2D eigenvalue weighted by atomic mass is 10.2. The number of hydrogen-bond acceptors (Lipinski definition) is 7. The van der Waals surface area contributed by atoms with Crippen LogP contribution in [0.15, 0.2) is 15.8 Å². The lowest BCUT2D eigenvalue weighted by Crippen LogP contribution is -2.33. The van der Waals surface area contributed by atoms with Gasteiger partial charge in [-0.1, -0.05) is 0 Å².